The predicted octanol–water partition coefficient (Wildman–Crippen LogP) is 3.21. The van der Waals surface area contributed by atoms with Crippen LogP contribution in [0.15, 0.2) is 46.4 Å². The van der Waals surface area contributed by atoms with Gasteiger partial charge in [0.15, 0.2) is 0 Å². The van der Waals surface area contributed by atoms with E-state index in [0.717, 1.165) is 5.69 Å². The first-order valence-corrected chi connectivity index (χ1v) is 8.88. The Hall–Kier alpha value is -1.83. The van der Waals surface area contributed by atoms with Gasteiger partial charge in [-0.2, -0.15) is 0 Å². The minimum Gasteiger partial charge on any atom is -0.324 e. The van der Waals surface area contributed by atoms with Crippen LogP contribution in [0.3, 0.4) is 0 Å². The first-order valence-electron chi connectivity index (χ1n) is 6.64. The molecule has 1 unspecified atom stereocenters. The molecule has 120 valence electrons. The second kappa shape index (κ2) is 5.99. The highest BCUT2D eigenvalue weighted by Gasteiger charge is 2.28. The van der Waals surface area contributed by atoms with Crippen molar-refractivity contribution in [1.29, 1.82) is 0 Å². The van der Waals surface area contributed by atoms with Crippen LogP contribution in [-0.4, -0.2) is 19.4 Å². The van der Waals surface area contributed by atoms with E-state index in [4.69, 9.17) is 23.2 Å². The topological polar surface area (TPSA) is 83.5 Å². The monoisotopic (exact) mass is 370 g/mol. The molecule has 2 heterocycles. The molecule has 0 amide bonds. The highest BCUT2D eigenvalue weighted by molar-refractivity contribution is 7.90. The Morgan fingerprint density at radius 2 is 1.96 bits per heavy atom. The molecule has 9 heteroatoms. The lowest BCUT2D eigenvalue weighted by molar-refractivity contribution is 0.591. The minimum atomic E-state index is -3.77. The van der Waals surface area contributed by atoms with Gasteiger partial charge in [0.05, 0.1) is 27.5 Å². The van der Waals surface area contributed by atoms with Gasteiger partial charge < -0.3 is 5.32 Å². The van der Waals surface area contributed by atoms with E-state index in [9.17, 15) is 8.42 Å². The predicted molar refractivity (Wildman–Crippen MR) is 90.5 cm³/mol. The first-order chi connectivity index (χ1) is 10.9. The van der Waals surface area contributed by atoms with Crippen LogP contribution in [-0.2, 0) is 10.0 Å². The van der Waals surface area contributed by atoms with E-state index in [1.54, 1.807) is 12.3 Å². The Balaban J connectivity index is 1.98. The van der Waals surface area contributed by atoms with E-state index >= 15 is 0 Å². The molecular formula is C14H12Cl2N4O2S. The molecule has 1 aliphatic heterocycles. The third kappa shape index (κ3) is 3.26. The van der Waals surface area contributed by atoms with Crippen LogP contribution in [0.5, 0.6) is 0 Å². The van der Waals surface area contributed by atoms with E-state index in [-0.39, 0.29) is 26.9 Å². The lowest BCUT2D eigenvalue weighted by Gasteiger charge is -2.23. The number of hydrogen-bond acceptors (Lipinski definition) is 4. The van der Waals surface area contributed by atoms with Crippen LogP contribution in [0.1, 0.15) is 18.7 Å². The number of guanidine groups is 1. The van der Waals surface area contributed by atoms with Gasteiger partial charge in [0.2, 0.25) is 5.96 Å². The molecule has 0 spiro atoms. The summed E-state index contributed by atoms with van der Waals surface area (Å²) in [7, 11) is -3.77. The first kappa shape index (κ1) is 16.0. The zero-order chi connectivity index (χ0) is 16.6. The van der Waals surface area contributed by atoms with Crippen molar-refractivity contribution in [2.75, 3.05) is 5.32 Å². The molecule has 1 aliphatic rings. The Morgan fingerprint density at radius 3 is 2.65 bits per heavy atom. The van der Waals surface area contributed by atoms with Crippen molar-refractivity contribution in [3.05, 3.63) is 52.3 Å². The van der Waals surface area contributed by atoms with Crippen LogP contribution < -0.4 is 10.0 Å². The van der Waals surface area contributed by atoms with Crippen LogP contribution in [0.2, 0.25) is 10.0 Å². The van der Waals surface area contributed by atoms with Crippen molar-refractivity contribution >= 4 is 44.9 Å². The molecule has 0 saturated carbocycles. The smallest absolute Gasteiger partial charge is 0.266 e. The van der Waals surface area contributed by atoms with Gasteiger partial charge in [-0.1, -0.05) is 29.3 Å². The minimum absolute atomic E-state index is 0.0244. The number of hydrogen-bond donors (Lipinski definition) is 2. The number of nitrogens with one attached hydrogen (secondary N) is 2. The fourth-order valence-electron chi connectivity index (χ4n) is 2.13. The summed E-state index contributed by atoms with van der Waals surface area (Å²) < 4.78 is 27.0. The van der Waals surface area contributed by atoms with Gasteiger partial charge in [-0.05, 0) is 31.2 Å². The number of fused-ring (bicyclic) bond motifs is 1. The van der Waals surface area contributed by atoms with Crippen molar-refractivity contribution < 1.29 is 8.42 Å². The number of anilines is 1. The molecule has 2 aromatic rings. The van der Waals surface area contributed by atoms with Gasteiger partial charge in [0.25, 0.3) is 10.0 Å². The number of nitrogens with zero attached hydrogens (tertiary/aromatic N) is 2. The Bertz CT molecular complexity index is 885. The molecule has 0 radical (unpaired) electrons. The number of rotatable bonds is 2. The quantitative estimate of drug-likeness (QED) is 0.849. The van der Waals surface area contributed by atoms with E-state index in [0.29, 0.717) is 5.69 Å². The van der Waals surface area contributed by atoms with Crippen molar-refractivity contribution in [3.8, 4) is 0 Å². The molecule has 1 atom stereocenters. The summed E-state index contributed by atoms with van der Waals surface area (Å²) in [6.07, 6.45) is 1.65. The van der Waals surface area contributed by atoms with Crippen LogP contribution in [0.25, 0.3) is 0 Å². The number of pyridine rings is 1. The summed E-state index contributed by atoms with van der Waals surface area (Å²) in [5.41, 5.74) is 1.05. The maximum absolute atomic E-state index is 12.3. The molecule has 1 aromatic heterocycles. The summed E-state index contributed by atoms with van der Waals surface area (Å²) >= 11 is 11.8. The number of benzene rings is 1. The zero-order valence-corrected chi connectivity index (χ0v) is 14.2. The fourth-order valence-corrected chi connectivity index (χ4v) is 3.66. The molecule has 23 heavy (non-hydrogen) atoms. The second-order valence-corrected chi connectivity index (χ2v) is 7.37. The van der Waals surface area contributed by atoms with E-state index in [1.807, 2.05) is 19.1 Å². The van der Waals surface area contributed by atoms with Crippen LogP contribution in [0.4, 0.5) is 5.69 Å². The molecule has 0 bridgehead atoms. The van der Waals surface area contributed by atoms with Gasteiger partial charge in [0, 0.05) is 6.20 Å². The van der Waals surface area contributed by atoms with Crippen molar-refractivity contribution in [2.45, 2.75) is 17.9 Å². The Labute approximate surface area is 143 Å². The molecule has 2 N–H and O–H groups in total. The SMILES string of the molecule is CC(N=C1Nc2cc(Cl)c(Cl)cc2S(=O)(=O)N1)c1ccccn1. The normalized spacial score (nSPS) is 18.7. The molecule has 3 rings (SSSR count). The number of sulfonamides is 1. The molecule has 6 nitrogen and oxygen atoms in total. The van der Waals surface area contributed by atoms with Gasteiger partial charge in [-0.15, -0.1) is 0 Å². The average Bonchev–Trinajstić information content (AvgIpc) is 2.50. The molecular weight excluding hydrogens is 359 g/mol. The Kier molecular flexibility index (Phi) is 4.18. The van der Waals surface area contributed by atoms with Gasteiger partial charge in [0.1, 0.15) is 4.90 Å². The third-order valence-electron chi connectivity index (χ3n) is 3.23. The van der Waals surface area contributed by atoms with E-state index < -0.39 is 10.0 Å². The summed E-state index contributed by atoms with van der Waals surface area (Å²) in [5.74, 6) is 0.106. The molecule has 0 saturated heterocycles. The van der Waals surface area contributed by atoms with E-state index in [2.05, 4.69) is 20.0 Å². The number of aliphatic imine (C=N–C) groups is 1. The maximum Gasteiger partial charge on any atom is 0.266 e. The highest BCUT2D eigenvalue weighted by atomic mass is 35.5. The lowest BCUT2D eigenvalue weighted by atomic mass is 10.2. The molecule has 1 aromatic carbocycles. The van der Waals surface area contributed by atoms with Gasteiger partial charge in [-0.25, -0.2) is 18.1 Å². The van der Waals surface area contributed by atoms with Crippen molar-refractivity contribution in [3.63, 3.8) is 0 Å². The summed E-state index contributed by atoms with van der Waals surface area (Å²) in [5, 5.41) is 3.33. The highest BCUT2D eigenvalue weighted by Crippen LogP contribution is 2.33. The summed E-state index contributed by atoms with van der Waals surface area (Å²) in [4.78, 5) is 8.55. The van der Waals surface area contributed by atoms with Crippen molar-refractivity contribution in [1.82, 2.24) is 9.71 Å². The number of aromatic nitrogens is 1. The largest absolute Gasteiger partial charge is 0.324 e. The maximum atomic E-state index is 12.3. The van der Waals surface area contributed by atoms with Crippen molar-refractivity contribution in [2.24, 2.45) is 4.99 Å². The van der Waals surface area contributed by atoms with Gasteiger partial charge in [-0.3, -0.25) is 4.98 Å². The number of halogens is 2. The Morgan fingerprint density at radius 1 is 1.22 bits per heavy atom. The summed E-state index contributed by atoms with van der Waals surface area (Å²) in [6, 6.07) is 7.88. The third-order valence-corrected chi connectivity index (χ3v) is 5.34. The average molecular weight is 371 g/mol. The summed E-state index contributed by atoms with van der Waals surface area (Å²) in [6.45, 7) is 1.82. The fraction of sp³-hybridized carbons (Fsp3) is 0.143. The van der Waals surface area contributed by atoms with E-state index in [1.165, 1.54) is 12.1 Å². The zero-order valence-electron chi connectivity index (χ0n) is 11.9. The van der Waals surface area contributed by atoms with Gasteiger partial charge >= 0.3 is 0 Å². The lowest BCUT2D eigenvalue weighted by Crippen LogP contribution is -2.41. The molecule has 0 fully saturated rings. The second-order valence-electron chi connectivity index (χ2n) is 4.90. The van der Waals surface area contributed by atoms with Crippen LogP contribution >= 0.6 is 23.2 Å². The van der Waals surface area contributed by atoms with Crippen LogP contribution in [0, 0.1) is 0 Å². The standard InChI is InChI=1S/C14H12Cl2N4O2S/c1-8(11-4-2-3-5-17-11)18-14-19-12-6-9(15)10(16)7-13(12)23(21,22)20-14/h2-8H,1H3,(H2,18,19,20). The molecule has 0 aliphatic carbocycles.